The van der Waals surface area contributed by atoms with Crippen LogP contribution in [-0.4, -0.2) is 55.8 Å². The van der Waals surface area contributed by atoms with E-state index in [4.69, 9.17) is 39.5 Å². The van der Waals surface area contributed by atoms with E-state index in [0.29, 0.717) is 10.6 Å². The Balaban J connectivity index is 1.81. The minimum atomic E-state index is -4.66. The normalized spacial score (nSPS) is 14.2. The average Bonchev–Trinajstić information content (AvgIpc) is 3.05. The summed E-state index contributed by atoms with van der Waals surface area (Å²) >= 11 is 18.7. The van der Waals surface area contributed by atoms with Crippen LogP contribution in [0.3, 0.4) is 0 Å². The summed E-state index contributed by atoms with van der Waals surface area (Å²) in [6, 6.07) is 11.6. The summed E-state index contributed by atoms with van der Waals surface area (Å²) in [6.07, 6.45) is 4.94. The first kappa shape index (κ1) is 37.2. The monoisotopic (exact) mass is 738 g/mol. The Morgan fingerprint density at radius 3 is 2.35 bits per heavy atom. The van der Waals surface area contributed by atoms with Gasteiger partial charge in [0.1, 0.15) is 18.3 Å². The second kappa shape index (κ2) is 16.2. The number of benzene rings is 3. The van der Waals surface area contributed by atoms with Gasteiger partial charge in [-0.1, -0.05) is 73.1 Å². The van der Waals surface area contributed by atoms with Crippen molar-refractivity contribution in [2.24, 2.45) is 0 Å². The molecule has 1 atom stereocenters. The van der Waals surface area contributed by atoms with Crippen LogP contribution in [0.25, 0.3) is 0 Å². The molecule has 0 aliphatic heterocycles. The third kappa shape index (κ3) is 8.71. The molecule has 0 unspecified atom stereocenters. The van der Waals surface area contributed by atoms with Gasteiger partial charge in [0.2, 0.25) is 11.8 Å². The molecular weight excluding hydrogens is 703 g/mol. The second-order valence-corrected chi connectivity index (χ2v) is 14.7. The zero-order valence-electron chi connectivity index (χ0n) is 26.7. The highest BCUT2D eigenvalue weighted by Crippen LogP contribution is 2.36. The van der Waals surface area contributed by atoms with Gasteiger partial charge in [-0.2, -0.15) is 0 Å². The lowest BCUT2D eigenvalue weighted by Crippen LogP contribution is -2.54. The zero-order chi connectivity index (χ0) is 35.2. The molecule has 0 radical (unpaired) electrons. The van der Waals surface area contributed by atoms with Gasteiger partial charge in [0.05, 0.1) is 32.7 Å². The van der Waals surface area contributed by atoms with E-state index >= 15 is 0 Å². The van der Waals surface area contributed by atoms with Gasteiger partial charge in [-0.25, -0.2) is 8.42 Å². The third-order valence-corrected chi connectivity index (χ3v) is 11.1. The molecule has 258 valence electrons. The number of nitrogens with one attached hydrogen (secondary N) is 1. The van der Waals surface area contributed by atoms with Gasteiger partial charge >= 0.3 is 0 Å². The minimum Gasteiger partial charge on any atom is -0.495 e. The topological polar surface area (TPSA) is 139 Å². The fraction of sp³-hybridized carbons (Fsp3) is 0.394. The van der Waals surface area contributed by atoms with Crippen molar-refractivity contribution in [2.45, 2.75) is 75.9 Å². The Kier molecular flexibility index (Phi) is 12.6. The first-order valence-electron chi connectivity index (χ1n) is 15.4. The number of amides is 2. The van der Waals surface area contributed by atoms with Crippen LogP contribution in [-0.2, 0) is 26.2 Å². The van der Waals surface area contributed by atoms with Crippen molar-refractivity contribution in [1.29, 1.82) is 0 Å². The Morgan fingerprint density at radius 2 is 1.73 bits per heavy atom. The molecule has 1 aliphatic carbocycles. The molecule has 4 rings (SSSR count). The van der Waals surface area contributed by atoms with E-state index in [2.05, 4.69) is 5.32 Å². The number of halogens is 3. The third-order valence-electron chi connectivity index (χ3n) is 8.33. The number of hydrogen-bond donors (Lipinski definition) is 1. The van der Waals surface area contributed by atoms with Crippen molar-refractivity contribution in [2.75, 3.05) is 18.0 Å². The van der Waals surface area contributed by atoms with Crippen molar-refractivity contribution in [3.05, 3.63) is 90.9 Å². The maximum absolute atomic E-state index is 14.5. The average molecular weight is 740 g/mol. The van der Waals surface area contributed by atoms with E-state index in [0.717, 1.165) is 42.5 Å². The van der Waals surface area contributed by atoms with Crippen molar-refractivity contribution in [3.63, 3.8) is 0 Å². The first-order valence-corrected chi connectivity index (χ1v) is 18.0. The molecule has 1 fully saturated rings. The lowest BCUT2D eigenvalue weighted by molar-refractivity contribution is -0.385. The van der Waals surface area contributed by atoms with Crippen LogP contribution >= 0.6 is 34.8 Å². The smallest absolute Gasteiger partial charge is 0.273 e. The molecular formula is C33H37Cl3N4O7S. The predicted molar refractivity (Wildman–Crippen MR) is 186 cm³/mol. The number of methoxy groups -OCH3 is 1. The number of carbonyl (C=O) groups is 2. The number of nitro benzene ring substituents is 1. The van der Waals surface area contributed by atoms with Crippen molar-refractivity contribution in [1.82, 2.24) is 10.2 Å². The van der Waals surface area contributed by atoms with Crippen LogP contribution in [0, 0.1) is 17.0 Å². The molecule has 3 aromatic rings. The van der Waals surface area contributed by atoms with E-state index in [9.17, 15) is 28.1 Å². The summed E-state index contributed by atoms with van der Waals surface area (Å²) < 4.78 is 35.0. The van der Waals surface area contributed by atoms with Gasteiger partial charge in [0.15, 0.2) is 0 Å². The number of sulfonamides is 1. The summed E-state index contributed by atoms with van der Waals surface area (Å²) in [5.74, 6) is -1.00. The number of aryl methyl sites for hydroxylation is 1. The summed E-state index contributed by atoms with van der Waals surface area (Å²) in [5.41, 5.74) is 0.331. The highest BCUT2D eigenvalue weighted by Gasteiger charge is 2.36. The van der Waals surface area contributed by atoms with E-state index in [-0.39, 0.29) is 52.0 Å². The summed E-state index contributed by atoms with van der Waals surface area (Å²) in [7, 11) is -3.33. The molecule has 1 N–H and O–H groups in total. The van der Waals surface area contributed by atoms with Gasteiger partial charge in [-0.15, -0.1) is 0 Å². The largest absolute Gasteiger partial charge is 0.495 e. The number of ether oxygens (including phenoxy) is 1. The molecule has 0 bridgehead atoms. The van der Waals surface area contributed by atoms with E-state index in [1.165, 1.54) is 49.3 Å². The first-order chi connectivity index (χ1) is 22.8. The van der Waals surface area contributed by atoms with Crippen LogP contribution in [0.1, 0.15) is 56.6 Å². The van der Waals surface area contributed by atoms with Crippen molar-refractivity contribution >= 4 is 68.0 Å². The van der Waals surface area contributed by atoms with E-state index < -0.39 is 44.0 Å². The number of anilines is 1. The van der Waals surface area contributed by atoms with Crippen LogP contribution in [0.4, 0.5) is 11.4 Å². The molecule has 0 spiro atoms. The summed E-state index contributed by atoms with van der Waals surface area (Å²) in [6.45, 7) is 2.36. The Bertz CT molecular complexity index is 1780. The van der Waals surface area contributed by atoms with Crippen LogP contribution in [0.2, 0.25) is 15.1 Å². The van der Waals surface area contributed by atoms with Gasteiger partial charge in [-0.05, 0) is 68.1 Å². The highest BCUT2D eigenvalue weighted by atomic mass is 35.5. The number of nitro groups is 1. The number of carbonyl (C=O) groups excluding carboxylic acids is 2. The van der Waals surface area contributed by atoms with E-state index in [1.807, 2.05) is 0 Å². The molecule has 2 amide bonds. The number of hydrogen-bond acceptors (Lipinski definition) is 7. The maximum Gasteiger partial charge on any atom is 0.273 e. The highest BCUT2D eigenvalue weighted by molar-refractivity contribution is 7.92. The second-order valence-electron chi connectivity index (χ2n) is 11.6. The fourth-order valence-corrected chi connectivity index (χ4v) is 7.67. The molecule has 15 heteroatoms. The SMILES string of the molecule is CC[C@H](C(=O)NC1CCCCC1)N(Cc1ccc(Cl)c(Cl)c1)C(=O)CN(c1cc(Cl)ccc1OC)S(=O)(=O)c1ccc(C)c([N+](=O)[O-])c1. The minimum absolute atomic E-state index is 0.0350. The van der Waals surface area contributed by atoms with Crippen molar-refractivity contribution in [3.8, 4) is 5.75 Å². The van der Waals surface area contributed by atoms with Crippen LogP contribution in [0.15, 0.2) is 59.5 Å². The molecule has 1 saturated carbocycles. The number of nitrogens with zero attached hydrogens (tertiary/aromatic N) is 3. The van der Waals surface area contributed by atoms with Gasteiger partial charge in [0.25, 0.3) is 15.7 Å². The van der Waals surface area contributed by atoms with Gasteiger partial charge in [-0.3, -0.25) is 24.0 Å². The molecule has 48 heavy (non-hydrogen) atoms. The molecule has 3 aromatic carbocycles. The number of rotatable bonds is 13. The molecule has 1 aliphatic rings. The summed E-state index contributed by atoms with van der Waals surface area (Å²) in [5, 5.41) is 15.5. The standard InChI is InChI=1S/C33H37Cl3N4O7S/c1-4-28(33(42)37-24-8-6-5-7-9-24)38(19-22-11-14-26(35)27(36)16-22)32(41)20-39(30-17-23(34)12-15-31(30)47-3)48(45,46)25-13-10-21(2)29(18-25)40(43)44/h10-18,24,28H,4-9,19-20H2,1-3H3,(H,37,42)/t28-/m1/s1. The fourth-order valence-electron chi connectivity index (χ4n) is 5.74. The molecule has 0 saturated heterocycles. The molecule has 11 nitrogen and oxygen atoms in total. The quantitative estimate of drug-likeness (QED) is 0.143. The Labute approximate surface area is 295 Å². The zero-order valence-corrected chi connectivity index (χ0v) is 29.8. The lowest BCUT2D eigenvalue weighted by atomic mass is 9.95. The molecule has 0 aromatic heterocycles. The Hall–Kier alpha value is -3.58. The molecule has 0 heterocycles. The lowest BCUT2D eigenvalue weighted by Gasteiger charge is -2.34. The van der Waals surface area contributed by atoms with Gasteiger partial charge in [0, 0.05) is 29.2 Å². The maximum atomic E-state index is 14.5. The van der Waals surface area contributed by atoms with Crippen molar-refractivity contribution < 1.29 is 27.7 Å². The van der Waals surface area contributed by atoms with Gasteiger partial charge < -0.3 is 15.0 Å². The van der Waals surface area contributed by atoms with Crippen LogP contribution in [0.5, 0.6) is 5.75 Å². The Morgan fingerprint density at radius 1 is 1.02 bits per heavy atom. The summed E-state index contributed by atoms with van der Waals surface area (Å²) in [4.78, 5) is 40.2. The van der Waals surface area contributed by atoms with Crippen LogP contribution < -0.4 is 14.4 Å². The van der Waals surface area contributed by atoms with E-state index in [1.54, 1.807) is 25.1 Å². The predicted octanol–water partition coefficient (Wildman–Crippen LogP) is 7.32.